The molecule has 58 heavy (non-hydrogen) atoms. The molecular formula is C56H48N2. The van der Waals surface area contributed by atoms with E-state index in [1.807, 2.05) is 6.08 Å². The van der Waals surface area contributed by atoms with E-state index in [9.17, 15) is 0 Å². The fourth-order valence-corrected chi connectivity index (χ4v) is 8.51. The molecule has 0 amide bonds. The van der Waals surface area contributed by atoms with E-state index in [0.717, 1.165) is 41.2 Å². The summed E-state index contributed by atoms with van der Waals surface area (Å²) in [4.78, 5) is 4.80. The van der Waals surface area contributed by atoms with Gasteiger partial charge in [0.25, 0.3) is 0 Å². The molecule has 0 radical (unpaired) electrons. The molecule has 0 aliphatic heterocycles. The lowest BCUT2D eigenvalue weighted by atomic mass is 9.79. The predicted octanol–water partition coefficient (Wildman–Crippen LogP) is 16.0. The van der Waals surface area contributed by atoms with Crippen LogP contribution >= 0.6 is 0 Å². The van der Waals surface area contributed by atoms with Gasteiger partial charge in [0, 0.05) is 33.5 Å². The second-order valence-corrected chi connectivity index (χ2v) is 16.2. The van der Waals surface area contributed by atoms with E-state index in [0.29, 0.717) is 0 Å². The van der Waals surface area contributed by atoms with Crippen LogP contribution in [0.3, 0.4) is 0 Å². The van der Waals surface area contributed by atoms with E-state index >= 15 is 0 Å². The number of anilines is 5. The highest BCUT2D eigenvalue weighted by Gasteiger charge is 2.24. The molecule has 0 atom stereocenters. The molecule has 8 aromatic carbocycles. The quantitative estimate of drug-likeness (QED) is 0.145. The number of hydrogen-bond acceptors (Lipinski definition) is 2. The number of fused-ring (bicyclic) bond motifs is 2. The molecule has 0 bridgehead atoms. The topological polar surface area (TPSA) is 6.48 Å². The van der Waals surface area contributed by atoms with Crippen LogP contribution in [0.1, 0.15) is 50.3 Å². The highest BCUT2D eigenvalue weighted by atomic mass is 15.2. The van der Waals surface area contributed by atoms with E-state index in [-0.39, 0.29) is 5.41 Å². The number of hydrogen-bond donors (Lipinski definition) is 0. The average Bonchev–Trinajstić information content (AvgIpc) is 3.27. The van der Waals surface area contributed by atoms with Crippen LogP contribution in [0.2, 0.25) is 0 Å². The van der Waals surface area contributed by atoms with Gasteiger partial charge in [0.1, 0.15) is 0 Å². The summed E-state index contributed by atoms with van der Waals surface area (Å²) in [5, 5.41) is 4.90. The lowest BCUT2D eigenvalue weighted by Crippen LogP contribution is -2.18. The van der Waals surface area contributed by atoms with Gasteiger partial charge in [-0.2, -0.15) is 0 Å². The average molecular weight is 749 g/mol. The summed E-state index contributed by atoms with van der Waals surface area (Å²) in [6.07, 6.45) is 8.74. The van der Waals surface area contributed by atoms with Crippen molar-refractivity contribution in [3.05, 3.63) is 223 Å². The van der Waals surface area contributed by atoms with E-state index in [1.165, 1.54) is 60.8 Å². The third kappa shape index (κ3) is 7.14. The van der Waals surface area contributed by atoms with Crippen LogP contribution in [0.25, 0.3) is 44.3 Å². The largest absolute Gasteiger partial charge is 0.310 e. The van der Waals surface area contributed by atoms with Crippen molar-refractivity contribution < 1.29 is 0 Å². The third-order valence-corrected chi connectivity index (χ3v) is 11.4. The zero-order valence-corrected chi connectivity index (χ0v) is 33.6. The van der Waals surface area contributed by atoms with Gasteiger partial charge in [-0.1, -0.05) is 167 Å². The molecule has 0 saturated carbocycles. The summed E-state index contributed by atoms with van der Waals surface area (Å²) in [6.45, 7) is 11.0. The Hall–Kier alpha value is -6.90. The maximum atomic E-state index is 4.10. The van der Waals surface area contributed by atoms with E-state index in [1.54, 1.807) is 0 Å². The monoisotopic (exact) mass is 748 g/mol. The van der Waals surface area contributed by atoms with Crippen molar-refractivity contribution >= 4 is 61.6 Å². The second-order valence-electron chi connectivity index (χ2n) is 16.2. The SMILES string of the molecule is C=Cc1ccc(C(C)(C)C)c(C2=CC(N(c3ccc(-c4ccc(N(c5ccccc5)c5cccc6ccccc56)cc4)cc3)c3cccc4ccccc34)=CCC2)c1. The molecule has 0 unspecified atom stereocenters. The Balaban J connectivity index is 1.10. The van der Waals surface area contributed by atoms with Crippen LogP contribution in [-0.2, 0) is 5.41 Å². The second kappa shape index (κ2) is 15.6. The van der Waals surface area contributed by atoms with Gasteiger partial charge >= 0.3 is 0 Å². The molecule has 8 aromatic rings. The van der Waals surface area contributed by atoms with Crippen LogP contribution in [0.15, 0.2) is 206 Å². The minimum absolute atomic E-state index is 0.0102. The van der Waals surface area contributed by atoms with Crippen molar-refractivity contribution in [1.29, 1.82) is 0 Å². The highest BCUT2D eigenvalue weighted by molar-refractivity contribution is 6.00. The van der Waals surface area contributed by atoms with Crippen molar-refractivity contribution in [2.75, 3.05) is 9.80 Å². The highest BCUT2D eigenvalue weighted by Crippen LogP contribution is 2.43. The van der Waals surface area contributed by atoms with Gasteiger partial charge in [-0.15, -0.1) is 0 Å². The summed E-state index contributed by atoms with van der Waals surface area (Å²) in [6, 6.07) is 66.0. The van der Waals surface area contributed by atoms with Gasteiger partial charge in [0.15, 0.2) is 0 Å². The molecule has 2 nitrogen and oxygen atoms in total. The molecule has 1 aliphatic carbocycles. The van der Waals surface area contributed by atoms with Crippen molar-refractivity contribution in [1.82, 2.24) is 0 Å². The summed E-state index contributed by atoms with van der Waals surface area (Å²) >= 11 is 0. The molecule has 0 N–H and O–H groups in total. The minimum atomic E-state index is 0.0102. The number of nitrogens with zero attached hydrogens (tertiary/aromatic N) is 2. The van der Waals surface area contributed by atoms with Gasteiger partial charge in [-0.05, 0) is 123 Å². The number of benzene rings is 8. The van der Waals surface area contributed by atoms with Crippen molar-refractivity contribution in [3.8, 4) is 11.1 Å². The van der Waals surface area contributed by atoms with E-state index < -0.39 is 0 Å². The van der Waals surface area contributed by atoms with Crippen molar-refractivity contribution in [3.63, 3.8) is 0 Å². The molecule has 282 valence electrons. The molecule has 0 spiro atoms. The zero-order valence-electron chi connectivity index (χ0n) is 33.6. The normalized spacial score (nSPS) is 12.9. The lowest BCUT2D eigenvalue weighted by Gasteiger charge is -2.31. The summed E-state index contributed by atoms with van der Waals surface area (Å²) in [5.74, 6) is 0. The maximum Gasteiger partial charge on any atom is 0.0540 e. The first-order valence-electron chi connectivity index (χ1n) is 20.4. The van der Waals surface area contributed by atoms with Crippen LogP contribution in [0.4, 0.5) is 28.4 Å². The third-order valence-electron chi connectivity index (χ3n) is 11.4. The molecule has 1 aliphatic rings. The first kappa shape index (κ1) is 36.7. The van der Waals surface area contributed by atoms with Crippen LogP contribution in [-0.4, -0.2) is 0 Å². The van der Waals surface area contributed by atoms with E-state index in [2.05, 4.69) is 231 Å². The molecule has 9 rings (SSSR count). The van der Waals surface area contributed by atoms with Crippen molar-refractivity contribution in [2.45, 2.75) is 39.0 Å². The number of para-hydroxylation sites is 1. The van der Waals surface area contributed by atoms with Gasteiger partial charge in [0.05, 0.1) is 11.4 Å². The summed E-state index contributed by atoms with van der Waals surface area (Å²) in [5.41, 5.74) is 14.4. The van der Waals surface area contributed by atoms with Crippen LogP contribution in [0.5, 0.6) is 0 Å². The van der Waals surface area contributed by atoms with Crippen molar-refractivity contribution in [2.24, 2.45) is 0 Å². The number of rotatable bonds is 9. The Morgan fingerprint density at radius 1 is 0.517 bits per heavy atom. The maximum absolute atomic E-state index is 4.10. The summed E-state index contributed by atoms with van der Waals surface area (Å²) in [7, 11) is 0. The Morgan fingerprint density at radius 2 is 1.03 bits per heavy atom. The minimum Gasteiger partial charge on any atom is -0.310 e. The fraction of sp³-hybridized carbons (Fsp3) is 0.107. The lowest BCUT2D eigenvalue weighted by molar-refractivity contribution is 0.588. The Kier molecular flexibility index (Phi) is 9.85. The first-order chi connectivity index (χ1) is 28.4. The van der Waals surface area contributed by atoms with Gasteiger partial charge < -0.3 is 9.80 Å². The van der Waals surface area contributed by atoms with Gasteiger partial charge in [-0.25, -0.2) is 0 Å². The molecule has 0 heterocycles. The number of allylic oxidation sites excluding steroid dienone is 3. The van der Waals surface area contributed by atoms with E-state index in [4.69, 9.17) is 0 Å². The Morgan fingerprint density at radius 3 is 1.62 bits per heavy atom. The molecule has 0 fully saturated rings. The van der Waals surface area contributed by atoms with Gasteiger partial charge in [0.2, 0.25) is 0 Å². The standard InChI is InChI=1S/C56H48N2/c1-5-40-28-37-53(56(2,3)4)52(38-40)45-20-13-23-49(39-45)58(55-27-15-19-44-17-10-12-25-51(44)55)48-35-31-42(32-36-48)41-29-33-47(34-30-41)57(46-21-7-6-8-22-46)54-26-14-18-43-16-9-11-24-50(43)54/h5-12,14-19,21-39H,1,13,20H2,2-4H3. The fourth-order valence-electron chi connectivity index (χ4n) is 8.51. The Labute approximate surface area is 343 Å². The Bertz CT molecular complexity index is 2810. The van der Waals surface area contributed by atoms with Crippen LogP contribution < -0.4 is 9.80 Å². The molecular weight excluding hydrogens is 701 g/mol. The summed E-state index contributed by atoms with van der Waals surface area (Å²) < 4.78 is 0. The molecule has 2 heteroatoms. The predicted molar refractivity (Wildman–Crippen MR) is 251 cm³/mol. The first-order valence-corrected chi connectivity index (χ1v) is 20.4. The molecule has 0 aromatic heterocycles. The van der Waals surface area contributed by atoms with Crippen LogP contribution in [0, 0.1) is 0 Å². The van der Waals surface area contributed by atoms with Gasteiger partial charge in [-0.3, -0.25) is 0 Å². The molecule has 0 saturated heterocycles. The smallest absolute Gasteiger partial charge is 0.0540 e. The zero-order chi connectivity index (χ0) is 39.6.